The molecule has 3 aromatic carbocycles. The highest BCUT2D eigenvalue weighted by atomic mass is 19.1. The number of rotatable bonds is 2. The molecule has 0 saturated carbocycles. The number of halogens is 1. The number of para-hydroxylation sites is 1. The van der Waals surface area contributed by atoms with Crippen LogP contribution >= 0.6 is 0 Å². The van der Waals surface area contributed by atoms with Crippen molar-refractivity contribution in [1.29, 1.82) is 0 Å². The first kappa shape index (κ1) is 18.4. The van der Waals surface area contributed by atoms with Crippen LogP contribution in [-0.4, -0.2) is 15.0 Å². The van der Waals surface area contributed by atoms with Gasteiger partial charge >= 0.3 is 0 Å². The summed E-state index contributed by atoms with van der Waals surface area (Å²) in [4.78, 5) is 14.2. The van der Waals surface area contributed by atoms with Crippen LogP contribution in [-0.2, 0) is 5.41 Å². The first-order chi connectivity index (χ1) is 14.4. The smallest absolute Gasteiger partial charge is 0.164 e. The Morgan fingerprint density at radius 2 is 1.50 bits per heavy atom. The molecule has 0 unspecified atom stereocenters. The number of hydrogen-bond donors (Lipinski definition) is 0. The Hall–Kier alpha value is -3.60. The van der Waals surface area contributed by atoms with Gasteiger partial charge in [-0.15, -0.1) is 0 Å². The minimum atomic E-state index is -0.324. The molecule has 0 atom stereocenters. The molecule has 0 bridgehead atoms. The summed E-state index contributed by atoms with van der Waals surface area (Å²) in [6, 6.07) is 20.1. The van der Waals surface area contributed by atoms with Crippen LogP contribution < -0.4 is 0 Å². The number of benzene rings is 3. The zero-order valence-corrected chi connectivity index (χ0v) is 17.0. The average molecular weight is 397 g/mol. The van der Waals surface area contributed by atoms with Crippen molar-refractivity contribution >= 4 is 21.9 Å². The Kier molecular flexibility index (Phi) is 4.13. The zero-order valence-electron chi connectivity index (χ0n) is 17.0. The van der Waals surface area contributed by atoms with E-state index < -0.39 is 0 Å². The van der Waals surface area contributed by atoms with Crippen LogP contribution in [0.5, 0.6) is 0 Å². The van der Waals surface area contributed by atoms with Crippen molar-refractivity contribution in [2.45, 2.75) is 26.2 Å². The molecule has 2 heterocycles. The molecule has 2 aromatic heterocycles. The lowest BCUT2D eigenvalue weighted by molar-refractivity contribution is 0.543. The van der Waals surface area contributed by atoms with Crippen molar-refractivity contribution in [3.8, 4) is 22.8 Å². The van der Waals surface area contributed by atoms with E-state index in [2.05, 4.69) is 25.8 Å². The standard InChI is InChI=1S/C25H20FN3O/c1-25(2,3)24-28-22(15-8-6-9-16(26)14-15)27-23(29-24)18-11-7-13-20-21(18)17-10-4-5-12-19(17)30-20/h4-14H,1-3H3. The summed E-state index contributed by atoms with van der Waals surface area (Å²) >= 11 is 0. The molecule has 0 fully saturated rings. The van der Waals surface area contributed by atoms with Gasteiger partial charge in [0.05, 0.1) is 0 Å². The summed E-state index contributed by atoms with van der Waals surface area (Å²) in [5.74, 6) is 1.33. The summed E-state index contributed by atoms with van der Waals surface area (Å²) in [7, 11) is 0. The molecule has 0 saturated heterocycles. The highest BCUT2D eigenvalue weighted by Gasteiger charge is 2.22. The predicted octanol–water partition coefficient (Wildman–Crippen LogP) is 6.54. The van der Waals surface area contributed by atoms with Gasteiger partial charge in [0.15, 0.2) is 11.6 Å². The van der Waals surface area contributed by atoms with Gasteiger partial charge in [0.2, 0.25) is 0 Å². The minimum Gasteiger partial charge on any atom is -0.456 e. The first-order valence-corrected chi connectivity index (χ1v) is 9.83. The van der Waals surface area contributed by atoms with Crippen molar-refractivity contribution < 1.29 is 8.81 Å². The SMILES string of the molecule is CC(C)(C)c1nc(-c2cccc(F)c2)nc(-c2cccc3oc4ccccc4c23)n1. The van der Waals surface area contributed by atoms with Gasteiger partial charge in [0, 0.05) is 27.3 Å². The van der Waals surface area contributed by atoms with E-state index in [1.165, 1.54) is 12.1 Å². The summed E-state index contributed by atoms with van der Waals surface area (Å²) in [5.41, 5.74) is 2.78. The third-order valence-electron chi connectivity index (χ3n) is 5.03. The molecule has 4 nitrogen and oxygen atoms in total. The maximum absolute atomic E-state index is 13.9. The lowest BCUT2D eigenvalue weighted by Gasteiger charge is -2.18. The molecule has 0 aliphatic carbocycles. The van der Waals surface area contributed by atoms with E-state index in [9.17, 15) is 4.39 Å². The van der Waals surface area contributed by atoms with Gasteiger partial charge in [-0.1, -0.05) is 63.2 Å². The second-order valence-electron chi connectivity index (χ2n) is 8.34. The average Bonchev–Trinajstić information content (AvgIpc) is 3.11. The van der Waals surface area contributed by atoms with E-state index in [0.29, 0.717) is 23.0 Å². The van der Waals surface area contributed by atoms with Crippen LogP contribution in [0, 0.1) is 5.82 Å². The van der Waals surface area contributed by atoms with Gasteiger partial charge < -0.3 is 4.42 Å². The maximum Gasteiger partial charge on any atom is 0.164 e. The van der Waals surface area contributed by atoms with Crippen LogP contribution in [0.3, 0.4) is 0 Å². The van der Waals surface area contributed by atoms with Crippen molar-refractivity contribution in [3.05, 3.63) is 78.4 Å². The number of aromatic nitrogens is 3. The maximum atomic E-state index is 13.9. The van der Waals surface area contributed by atoms with E-state index in [1.54, 1.807) is 6.07 Å². The summed E-state index contributed by atoms with van der Waals surface area (Å²) in [6.07, 6.45) is 0. The summed E-state index contributed by atoms with van der Waals surface area (Å²) in [5, 5.41) is 1.97. The molecule has 148 valence electrons. The topological polar surface area (TPSA) is 51.8 Å². The number of hydrogen-bond acceptors (Lipinski definition) is 4. The molecular formula is C25H20FN3O. The van der Waals surface area contributed by atoms with E-state index in [-0.39, 0.29) is 11.2 Å². The summed E-state index contributed by atoms with van der Waals surface area (Å²) in [6.45, 7) is 6.15. The molecule has 5 aromatic rings. The van der Waals surface area contributed by atoms with Gasteiger partial charge in [-0.25, -0.2) is 19.3 Å². The largest absolute Gasteiger partial charge is 0.456 e. The Morgan fingerprint density at radius 3 is 2.30 bits per heavy atom. The van der Waals surface area contributed by atoms with Crippen molar-refractivity contribution in [1.82, 2.24) is 15.0 Å². The third-order valence-corrected chi connectivity index (χ3v) is 5.03. The molecule has 0 spiro atoms. The van der Waals surface area contributed by atoms with Gasteiger partial charge in [-0.3, -0.25) is 0 Å². The van der Waals surface area contributed by atoms with Crippen molar-refractivity contribution in [3.63, 3.8) is 0 Å². The molecule has 0 aliphatic heterocycles. The van der Waals surface area contributed by atoms with Crippen molar-refractivity contribution in [2.75, 3.05) is 0 Å². The monoisotopic (exact) mass is 397 g/mol. The molecule has 0 radical (unpaired) electrons. The van der Waals surface area contributed by atoms with Gasteiger partial charge in [0.25, 0.3) is 0 Å². The van der Waals surface area contributed by atoms with Crippen molar-refractivity contribution in [2.24, 2.45) is 0 Å². The second kappa shape index (κ2) is 6.73. The van der Waals surface area contributed by atoms with E-state index in [4.69, 9.17) is 14.4 Å². The van der Waals surface area contributed by atoms with Crippen LogP contribution in [0.15, 0.2) is 71.1 Å². The molecule has 5 heteroatoms. The Bertz CT molecular complexity index is 1400. The fraction of sp³-hybridized carbons (Fsp3) is 0.160. The molecular weight excluding hydrogens is 377 g/mol. The van der Waals surface area contributed by atoms with Crippen LogP contribution in [0.2, 0.25) is 0 Å². The van der Waals surface area contributed by atoms with E-state index in [1.807, 2.05) is 48.5 Å². The number of nitrogens with zero attached hydrogens (tertiary/aromatic N) is 3. The lowest BCUT2D eigenvalue weighted by Crippen LogP contribution is -2.18. The normalized spacial score (nSPS) is 12.0. The second-order valence-corrected chi connectivity index (χ2v) is 8.34. The first-order valence-electron chi connectivity index (χ1n) is 9.83. The molecule has 0 N–H and O–H groups in total. The molecule has 0 aliphatic rings. The van der Waals surface area contributed by atoms with Crippen LogP contribution in [0.1, 0.15) is 26.6 Å². The zero-order chi connectivity index (χ0) is 20.9. The van der Waals surface area contributed by atoms with E-state index >= 15 is 0 Å². The van der Waals surface area contributed by atoms with Crippen LogP contribution in [0.25, 0.3) is 44.7 Å². The van der Waals surface area contributed by atoms with E-state index in [0.717, 1.165) is 27.5 Å². The molecule has 30 heavy (non-hydrogen) atoms. The number of fused-ring (bicyclic) bond motifs is 3. The lowest BCUT2D eigenvalue weighted by atomic mass is 9.95. The fourth-order valence-corrected chi connectivity index (χ4v) is 3.55. The third kappa shape index (κ3) is 3.12. The van der Waals surface area contributed by atoms with Gasteiger partial charge in [-0.2, -0.15) is 0 Å². The highest BCUT2D eigenvalue weighted by Crippen LogP contribution is 2.36. The minimum absolute atomic E-state index is 0.299. The quantitative estimate of drug-likeness (QED) is 0.339. The molecule has 5 rings (SSSR count). The predicted molar refractivity (Wildman–Crippen MR) is 117 cm³/mol. The molecule has 0 amide bonds. The fourth-order valence-electron chi connectivity index (χ4n) is 3.55. The Balaban J connectivity index is 1.82. The Labute approximate surface area is 173 Å². The highest BCUT2D eigenvalue weighted by molar-refractivity contribution is 6.11. The Morgan fingerprint density at radius 1 is 0.767 bits per heavy atom. The summed E-state index contributed by atoms with van der Waals surface area (Å²) < 4.78 is 19.9. The van der Waals surface area contributed by atoms with Gasteiger partial charge in [0.1, 0.15) is 22.8 Å². The van der Waals surface area contributed by atoms with Crippen LogP contribution in [0.4, 0.5) is 4.39 Å². The number of furan rings is 1. The van der Waals surface area contributed by atoms with Gasteiger partial charge in [-0.05, 0) is 24.3 Å².